The van der Waals surface area contributed by atoms with Crippen molar-refractivity contribution in [3.63, 3.8) is 0 Å². The fourth-order valence-electron chi connectivity index (χ4n) is 1.11. The minimum atomic E-state index is -0.335. The zero-order valence-electron chi connectivity index (χ0n) is 8.57. The van der Waals surface area contributed by atoms with Gasteiger partial charge in [-0.3, -0.25) is 4.79 Å². The Morgan fingerprint density at radius 3 is 3.00 bits per heavy atom. The molecule has 0 N–H and O–H groups in total. The van der Waals surface area contributed by atoms with Gasteiger partial charge in [-0.25, -0.2) is 4.68 Å². The minimum absolute atomic E-state index is 0.132. The van der Waals surface area contributed by atoms with Gasteiger partial charge in [0.25, 0.3) is 5.56 Å². The van der Waals surface area contributed by atoms with E-state index in [0.717, 1.165) is 0 Å². The van der Waals surface area contributed by atoms with Gasteiger partial charge in [0.2, 0.25) is 0 Å². The van der Waals surface area contributed by atoms with Gasteiger partial charge in [-0.2, -0.15) is 10.4 Å². The lowest BCUT2D eigenvalue weighted by molar-refractivity contribution is 0.703. The van der Waals surface area contributed by atoms with Crippen LogP contribution in [-0.2, 0) is 7.05 Å². The number of halogens is 1. The van der Waals surface area contributed by atoms with E-state index < -0.39 is 0 Å². The highest BCUT2D eigenvalue weighted by molar-refractivity contribution is 6.32. The van der Waals surface area contributed by atoms with Crippen LogP contribution >= 0.6 is 11.6 Å². The van der Waals surface area contributed by atoms with Crippen molar-refractivity contribution < 1.29 is 0 Å². The molecule has 0 fully saturated rings. The Labute approximate surface area is 92.5 Å². The van der Waals surface area contributed by atoms with Crippen LogP contribution in [0.1, 0.15) is 6.42 Å². The molecule has 0 saturated heterocycles. The summed E-state index contributed by atoms with van der Waals surface area (Å²) in [6.45, 7) is 0.519. The fourth-order valence-corrected chi connectivity index (χ4v) is 1.42. The van der Waals surface area contributed by atoms with Crippen molar-refractivity contribution in [1.82, 2.24) is 9.78 Å². The smallest absolute Gasteiger partial charge is 0.287 e. The Bertz CT molecular complexity index is 448. The highest BCUT2D eigenvalue weighted by Gasteiger charge is 2.10. The zero-order valence-corrected chi connectivity index (χ0v) is 9.32. The Morgan fingerprint density at radius 2 is 2.40 bits per heavy atom. The van der Waals surface area contributed by atoms with Crippen LogP contribution in [0.2, 0.25) is 5.02 Å². The number of anilines is 1. The zero-order chi connectivity index (χ0) is 11.4. The molecule has 1 aromatic heterocycles. The molecular weight excluding hydrogens is 216 g/mol. The molecule has 15 heavy (non-hydrogen) atoms. The molecule has 0 aliphatic carbocycles. The Morgan fingerprint density at radius 1 is 1.73 bits per heavy atom. The van der Waals surface area contributed by atoms with E-state index in [9.17, 15) is 4.79 Å². The van der Waals surface area contributed by atoms with Crippen LogP contribution in [-0.4, -0.2) is 23.4 Å². The van der Waals surface area contributed by atoms with E-state index in [1.165, 1.54) is 17.9 Å². The number of hydrogen-bond acceptors (Lipinski definition) is 4. The quantitative estimate of drug-likeness (QED) is 0.764. The Balaban J connectivity index is 3.01. The molecule has 0 radical (unpaired) electrons. The van der Waals surface area contributed by atoms with Crippen LogP contribution in [0.5, 0.6) is 0 Å². The largest absolute Gasteiger partial charge is 0.371 e. The van der Waals surface area contributed by atoms with Crippen LogP contribution in [0.25, 0.3) is 0 Å². The number of nitrogens with zero attached hydrogens (tertiary/aromatic N) is 4. The predicted molar refractivity (Wildman–Crippen MR) is 58.0 cm³/mol. The molecule has 1 heterocycles. The second-order valence-corrected chi connectivity index (χ2v) is 3.48. The molecule has 0 aliphatic heterocycles. The normalized spacial score (nSPS) is 9.73. The highest BCUT2D eigenvalue weighted by Crippen LogP contribution is 2.19. The van der Waals surface area contributed by atoms with E-state index in [0.29, 0.717) is 18.7 Å². The van der Waals surface area contributed by atoms with E-state index in [1.807, 2.05) is 6.07 Å². The van der Waals surface area contributed by atoms with Crippen molar-refractivity contribution >= 4 is 17.3 Å². The summed E-state index contributed by atoms with van der Waals surface area (Å²) in [6.07, 6.45) is 1.89. The number of rotatable bonds is 3. The summed E-state index contributed by atoms with van der Waals surface area (Å²) >= 11 is 5.87. The highest BCUT2D eigenvalue weighted by atomic mass is 35.5. The number of hydrogen-bond donors (Lipinski definition) is 0. The van der Waals surface area contributed by atoms with Crippen LogP contribution in [0.15, 0.2) is 11.0 Å². The first-order valence-electron chi connectivity index (χ1n) is 4.38. The van der Waals surface area contributed by atoms with E-state index in [2.05, 4.69) is 5.10 Å². The first-order chi connectivity index (χ1) is 7.07. The van der Waals surface area contributed by atoms with Crippen LogP contribution in [0, 0.1) is 11.3 Å². The third kappa shape index (κ3) is 2.48. The summed E-state index contributed by atoms with van der Waals surface area (Å²) in [6, 6.07) is 2.03. The lowest BCUT2D eigenvalue weighted by Crippen LogP contribution is -2.26. The van der Waals surface area contributed by atoms with Gasteiger partial charge in [-0.15, -0.1) is 0 Å². The second-order valence-electron chi connectivity index (χ2n) is 3.10. The fraction of sp³-hybridized carbons (Fsp3) is 0.444. The standard InChI is InChI=1S/C9H11ClN4O/c1-13(5-3-4-11)7-6-12-14(2)9(15)8(7)10/h6H,3,5H2,1-2H3. The molecule has 1 aromatic rings. The Hall–Kier alpha value is -1.54. The minimum Gasteiger partial charge on any atom is -0.371 e. The first-order valence-corrected chi connectivity index (χ1v) is 4.75. The maximum absolute atomic E-state index is 11.4. The van der Waals surface area contributed by atoms with Crippen LogP contribution < -0.4 is 10.5 Å². The molecule has 5 nitrogen and oxygen atoms in total. The van der Waals surface area contributed by atoms with E-state index in [-0.39, 0.29) is 10.6 Å². The van der Waals surface area contributed by atoms with Gasteiger partial charge in [0, 0.05) is 20.6 Å². The second kappa shape index (κ2) is 4.80. The maximum atomic E-state index is 11.4. The SMILES string of the molecule is CN(CCC#N)c1cnn(C)c(=O)c1Cl. The maximum Gasteiger partial charge on any atom is 0.287 e. The topological polar surface area (TPSA) is 61.9 Å². The molecule has 0 spiro atoms. The summed E-state index contributed by atoms with van der Waals surface area (Å²) in [4.78, 5) is 13.2. The van der Waals surface area contributed by atoms with Gasteiger partial charge in [0.05, 0.1) is 24.4 Å². The summed E-state index contributed by atoms with van der Waals surface area (Å²) in [5, 5.41) is 12.4. The molecule has 0 bridgehead atoms. The number of aryl methyl sites for hydroxylation is 1. The molecule has 0 aliphatic rings. The predicted octanol–water partition coefficient (Wildman–Crippen LogP) is 0.784. The van der Waals surface area contributed by atoms with Gasteiger partial charge in [0.15, 0.2) is 0 Å². The molecule has 0 saturated carbocycles. The number of nitriles is 1. The lowest BCUT2D eigenvalue weighted by Gasteiger charge is -2.18. The van der Waals surface area contributed by atoms with Gasteiger partial charge in [-0.1, -0.05) is 11.6 Å². The summed E-state index contributed by atoms with van der Waals surface area (Å²) in [5.74, 6) is 0. The van der Waals surface area contributed by atoms with Crippen molar-refractivity contribution in [3.05, 3.63) is 21.6 Å². The summed E-state index contributed by atoms with van der Waals surface area (Å²) < 4.78 is 1.17. The monoisotopic (exact) mass is 226 g/mol. The molecular formula is C9H11ClN4O. The van der Waals surface area contributed by atoms with Crippen molar-refractivity contribution in [2.75, 3.05) is 18.5 Å². The van der Waals surface area contributed by atoms with Gasteiger partial charge < -0.3 is 4.90 Å². The molecule has 80 valence electrons. The third-order valence-corrected chi connectivity index (χ3v) is 2.39. The van der Waals surface area contributed by atoms with Gasteiger partial charge in [-0.05, 0) is 0 Å². The van der Waals surface area contributed by atoms with E-state index in [4.69, 9.17) is 16.9 Å². The van der Waals surface area contributed by atoms with E-state index in [1.54, 1.807) is 11.9 Å². The third-order valence-electron chi connectivity index (χ3n) is 2.03. The molecule has 0 atom stereocenters. The lowest BCUT2D eigenvalue weighted by atomic mass is 10.3. The van der Waals surface area contributed by atoms with Gasteiger partial charge >= 0.3 is 0 Å². The van der Waals surface area contributed by atoms with Crippen molar-refractivity contribution in [2.45, 2.75) is 6.42 Å². The number of aromatic nitrogens is 2. The Kier molecular flexibility index (Phi) is 3.69. The van der Waals surface area contributed by atoms with Crippen LogP contribution in [0.4, 0.5) is 5.69 Å². The van der Waals surface area contributed by atoms with E-state index >= 15 is 0 Å². The van der Waals surface area contributed by atoms with Crippen molar-refractivity contribution in [1.29, 1.82) is 5.26 Å². The average Bonchev–Trinajstić information content (AvgIpc) is 2.23. The first kappa shape index (κ1) is 11.5. The summed E-state index contributed by atoms with van der Waals surface area (Å²) in [5.41, 5.74) is 0.216. The summed E-state index contributed by atoms with van der Waals surface area (Å²) in [7, 11) is 3.30. The average molecular weight is 227 g/mol. The molecule has 0 aromatic carbocycles. The van der Waals surface area contributed by atoms with Crippen molar-refractivity contribution in [3.8, 4) is 6.07 Å². The molecule has 0 amide bonds. The molecule has 0 unspecified atom stereocenters. The molecule has 6 heteroatoms. The molecule has 1 rings (SSSR count). The van der Waals surface area contributed by atoms with Crippen molar-refractivity contribution in [2.24, 2.45) is 7.05 Å². The van der Waals surface area contributed by atoms with Gasteiger partial charge in [0.1, 0.15) is 5.02 Å². The van der Waals surface area contributed by atoms with Crippen LogP contribution in [0.3, 0.4) is 0 Å².